The summed E-state index contributed by atoms with van der Waals surface area (Å²) in [5.41, 5.74) is 1.51. The highest BCUT2D eigenvalue weighted by Gasteiger charge is 2.83. The molecule has 4 aromatic carbocycles. The van der Waals surface area contributed by atoms with Crippen molar-refractivity contribution in [2.75, 3.05) is 0 Å². The van der Waals surface area contributed by atoms with Crippen molar-refractivity contribution in [3.63, 3.8) is 0 Å². The van der Waals surface area contributed by atoms with Crippen LogP contribution in [0.5, 0.6) is 0 Å². The molecule has 0 unspecified atom stereocenters. The Balaban J connectivity index is 1.36. The van der Waals surface area contributed by atoms with Crippen molar-refractivity contribution in [1.29, 1.82) is 0 Å². The van der Waals surface area contributed by atoms with Gasteiger partial charge in [-0.15, -0.1) is 23.5 Å². The lowest BCUT2D eigenvalue weighted by Gasteiger charge is -2.30. The van der Waals surface area contributed by atoms with Crippen molar-refractivity contribution in [3.8, 4) is 22.3 Å². The van der Waals surface area contributed by atoms with E-state index < -0.39 is 39.4 Å². The van der Waals surface area contributed by atoms with Crippen LogP contribution in [0.1, 0.15) is 11.1 Å². The van der Waals surface area contributed by atoms with Gasteiger partial charge in [-0.25, -0.2) is 0 Å². The minimum absolute atomic E-state index is 0.0983. The molecule has 0 nitrogen and oxygen atoms in total. The first-order valence-electron chi connectivity index (χ1n) is 13.0. The molecule has 0 bridgehead atoms. The van der Waals surface area contributed by atoms with Crippen LogP contribution in [0.4, 0.5) is 26.3 Å². The highest BCUT2D eigenvalue weighted by atomic mass is 32.2. The van der Waals surface area contributed by atoms with Crippen LogP contribution in [-0.2, 0) is 0 Å². The average Bonchev–Trinajstić information content (AvgIpc) is 3.57. The fraction of sp³-hybridized carbons (Fsp3) is 0.152. The molecule has 2 heterocycles. The van der Waals surface area contributed by atoms with E-state index in [1.165, 1.54) is 23.5 Å². The zero-order chi connectivity index (χ0) is 28.3. The largest absolute Gasteiger partial charge is 0.380 e. The van der Waals surface area contributed by atoms with Gasteiger partial charge < -0.3 is 0 Å². The molecule has 41 heavy (non-hydrogen) atoms. The first-order chi connectivity index (χ1) is 19.6. The standard InChI is InChI=1S/C33H18F6S2/c34-31(35)27-25-21-13-11-19(17-7-3-1-4-8-17)15-23(21)40-29(25)30-26(28(27)32(36,37)33(31,38)39)22-14-12-20(16-24(22)41-30)18-9-5-2-6-10-18/h1-16,29-30H/t29-,30-/m1/s1. The van der Waals surface area contributed by atoms with Crippen molar-refractivity contribution in [2.45, 2.75) is 38.1 Å². The molecule has 0 amide bonds. The average molecular weight is 593 g/mol. The lowest BCUT2D eigenvalue weighted by molar-refractivity contribution is -0.257. The normalized spacial score (nSPS) is 24.0. The lowest BCUT2D eigenvalue weighted by Crippen LogP contribution is -2.47. The van der Waals surface area contributed by atoms with E-state index in [9.17, 15) is 0 Å². The van der Waals surface area contributed by atoms with Crippen molar-refractivity contribution in [1.82, 2.24) is 0 Å². The molecule has 204 valence electrons. The Morgan fingerprint density at radius 1 is 0.463 bits per heavy atom. The quantitative estimate of drug-likeness (QED) is 0.213. The van der Waals surface area contributed by atoms with Gasteiger partial charge in [-0.3, -0.25) is 0 Å². The number of alkyl halides is 6. The molecule has 8 heteroatoms. The first-order valence-corrected chi connectivity index (χ1v) is 14.7. The third-order valence-electron chi connectivity index (χ3n) is 8.32. The number of thioether (sulfide) groups is 2. The van der Waals surface area contributed by atoms with Gasteiger partial charge in [0.15, 0.2) is 0 Å². The van der Waals surface area contributed by atoms with Crippen LogP contribution < -0.4 is 0 Å². The highest BCUT2D eigenvalue weighted by Crippen LogP contribution is 2.72. The van der Waals surface area contributed by atoms with Crippen LogP contribution in [0.3, 0.4) is 0 Å². The van der Waals surface area contributed by atoms with Gasteiger partial charge in [0.2, 0.25) is 0 Å². The predicted molar refractivity (Wildman–Crippen MR) is 152 cm³/mol. The van der Waals surface area contributed by atoms with E-state index in [0.717, 1.165) is 22.3 Å². The summed E-state index contributed by atoms with van der Waals surface area (Å²) < 4.78 is 92.6. The maximum absolute atomic E-state index is 15.6. The smallest absolute Gasteiger partial charge is 0.194 e. The number of halogens is 6. The second kappa shape index (κ2) is 8.35. The predicted octanol–water partition coefficient (Wildman–Crippen LogP) is 10.1. The molecule has 1 fully saturated rings. The summed E-state index contributed by atoms with van der Waals surface area (Å²) in [5, 5.41) is -1.45. The summed E-state index contributed by atoms with van der Waals surface area (Å²) >= 11 is 2.58. The van der Waals surface area contributed by atoms with Gasteiger partial charge in [0.1, 0.15) is 0 Å². The van der Waals surface area contributed by atoms with E-state index in [2.05, 4.69) is 0 Å². The topological polar surface area (TPSA) is 0 Å². The van der Waals surface area contributed by atoms with Gasteiger partial charge in [0.25, 0.3) is 0 Å². The van der Waals surface area contributed by atoms with Crippen molar-refractivity contribution in [3.05, 3.63) is 119 Å². The van der Waals surface area contributed by atoms with E-state index in [1.807, 2.05) is 72.8 Å². The second-order valence-electron chi connectivity index (χ2n) is 10.5. The molecule has 2 atom stereocenters. The van der Waals surface area contributed by atoms with E-state index in [1.54, 1.807) is 24.3 Å². The van der Waals surface area contributed by atoms with Crippen LogP contribution in [0.25, 0.3) is 33.4 Å². The Bertz CT molecular complexity index is 1690. The zero-order valence-electron chi connectivity index (χ0n) is 21.0. The number of allylic oxidation sites excluding steroid dienone is 2. The molecule has 2 aliphatic heterocycles. The molecule has 8 rings (SSSR count). The molecule has 0 spiro atoms. The minimum Gasteiger partial charge on any atom is -0.194 e. The first kappa shape index (κ1) is 25.4. The maximum Gasteiger partial charge on any atom is 0.380 e. The molecule has 0 N–H and O–H groups in total. The Labute approximate surface area is 240 Å². The summed E-state index contributed by atoms with van der Waals surface area (Å²) in [7, 11) is 0. The van der Waals surface area contributed by atoms with Gasteiger partial charge >= 0.3 is 17.8 Å². The van der Waals surface area contributed by atoms with Crippen molar-refractivity contribution >= 4 is 34.7 Å². The Kier molecular flexibility index (Phi) is 5.17. The van der Waals surface area contributed by atoms with Gasteiger partial charge in [-0.05, 0) is 56.7 Å². The second-order valence-corrected chi connectivity index (χ2v) is 12.9. The molecule has 4 aliphatic rings. The van der Waals surface area contributed by atoms with Crippen LogP contribution in [-0.4, -0.2) is 28.3 Å². The molecule has 0 radical (unpaired) electrons. The molecular formula is C33H18F6S2. The molecule has 4 aromatic rings. The van der Waals surface area contributed by atoms with Gasteiger partial charge in [0, 0.05) is 20.9 Å². The van der Waals surface area contributed by atoms with Crippen molar-refractivity contribution in [2.24, 2.45) is 0 Å². The van der Waals surface area contributed by atoms with Crippen LogP contribution in [0.15, 0.2) is 118 Å². The Morgan fingerprint density at radius 3 is 1.24 bits per heavy atom. The molecule has 2 aliphatic carbocycles. The number of hydrogen-bond acceptors (Lipinski definition) is 2. The number of rotatable bonds is 2. The summed E-state index contributed by atoms with van der Waals surface area (Å²) in [6.45, 7) is 0. The SMILES string of the molecule is FC1(F)C2=C3c4ccc(-c5ccccc5)cc4S[C@H]3[C@@H]3Sc4cc(-c5ccccc5)ccc4C3=C2C(F)(F)C1(F)F. The van der Waals surface area contributed by atoms with Crippen molar-refractivity contribution < 1.29 is 26.3 Å². The van der Waals surface area contributed by atoms with Crippen LogP contribution >= 0.6 is 23.5 Å². The molecule has 1 saturated carbocycles. The lowest BCUT2D eigenvalue weighted by atomic mass is 9.79. The molecule has 0 aromatic heterocycles. The third-order valence-corrected chi connectivity index (χ3v) is 11.2. The Hall–Kier alpha value is -3.36. The van der Waals surface area contributed by atoms with Gasteiger partial charge in [0.05, 0.1) is 10.5 Å². The number of benzene rings is 4. The zero-order valence-corrected chi connectivity index (χ0v) is 22.6. The summed E-state index contributed by atoms with van der Waals surface area (Å²) in [6, 6.07) is 29.3. The van der Waals surface area contributed by atoms with Crippen LogP contribution in [0, 0.1) is 0 Å². The van der Waals surface area contributed by atoms with E-state index >= 15 is 26.3 Å². The van der Waals surface area contributed by atoms with E-state index in [0.29, 0.717) is 20.9 Å². The number of fused-ring (bicyclic) bond motifs is 8. The van der Waals surface area contributed by atoms with Crippen LogP contribution in [0.2, 0.25) is 0 Å². The summed E-state index contributed by atoms with van der Waals surface area (Å²) in [6.07, 6.45) is 0. The van der Waals surface area contributed by atoms with E-state index in [-0.39, 0.29) is 11.1 Å². The monoisotopic (exact) mass is 592 g/mol. The Morgan fingerprint density at radius 2 is 0.854 bits per heavy atom. The number of hydrogen-bond donors (Lipinski definition) is 0. The summed E-state index contributed by atoms with van der Waals surface area (Å²) in [4.78, 5) is 1.24. The van der Waals surface area contributed by atoms with E-state index in [4.69, 9.17) is 0 Å². The summed E-state index contributed by atoms with van der Waals surface area (Å²) in [5.74, 6) is -15.6. The van der Waals surface area contributed by atoms with Gasteiger partial charge in [-0.2, -0.15) is 26.3 Å². The fourth-order valence-electron chi connectivity index (χ4n) is 6.42. The molecular weight excluding hydrogens is 574 g/mol. The van der Waals surface area contributed by atoms with Gasteiger partial charge in [-0.1, -0.05) is 84.9 Å². The third kappa shape index (κ3) is 3.23. The maximum atomic E-state index is 15.6. The molecule has 0 saturated heterocycles. The fourth-order valence-corrected chi connectivity index (χ4v) is 9.54. The minimum atomic E-state index is -5.56. The highest BCUT2D eigenvalue weighted by molar-refractivity contribution is 8.05.